The Morgan fingerprint density at radius 3 is 2.55 bits per heavy atom. The number of thiazole rings is 1. The van der Waals surface area contributed by atoms with Crippen LogP contribution < -0.4 is 5.32 Å². The predicted molar refractivity (Wildman–Crippen MR) is 165 cm³/mol. The second-order valence-corrected chi connectivity index (χ2v) is 13.4. The number of ether oxygens (including phenoxy) is 1. The van der Waals surface area contributed by atoms with Gasteiger partial charge in [-0.05, 0) is 66.9 Å². The summed E-state index contributed by atoms with van der Waals surface area (Å²) >= 11 is 2.63. The molecule has 1 saturated carbocycles. The quantitative estimate of drug-likeness (QED) is 0.311. The van der Waals surface area contributed by atoms with Crippen LogP contribution in [0.15, 0.2) is 46.8 Å². The van der Waals surface area contributed by atoms with E-state index >= 15 is 0 Å². The fraction of sp³-hybridized carbons (Fsp3) is 0.438. The summed E-state index contributed by atoms with van der Waals surface area (Å²) in [6.07, 6.45) is 6.09. The van der Waals surface area contributed by atoms with E-state index in [1.165, 1.54) is 41.1 Å². The molecule has 2 aromatic heterocycles. The second-order valence-electron chi connectivity index (χ2n) is 11.6. The molecule has 3 aliphatic rings. The van der Waals surface area contributed by atoms with Crippen molar-refractivity contribution in [3.8, 4) is 10.4 Å². The van der Waals surface area contributed by atoms with Crippen LogP contribution in [0.25, 0.3) is 16.0 Å². The maximum atomic E-state index is 13.4. The summed E-state index contributed by atoms with van der Waals surface area (Å²) in [7, 11) is 0. The summed E-state index contributed by atoms with van der Waals surface area (Å²) < 4.78 is 5.50. The molecule has 2 N–H and O–H groups in total. The monoisotopic (exact) mass is 605 g/mol. The van der Waals surface area contributed by atoms with Crippen LogP contribution in [-0.4, -0.2) is 59.1 Å². The molecule has 2 amide bonds. The van der Waals surface area contributed by atoms with E-state index < -0.39 is 5.97 Å². The van der Waals surface area contributed by atoms with E-state index in [1.807, 2.05) is 35.2 Å². The summed E-state index contributed by atoms with van der Waals surface area (Å²) in [5.41, 5.74) is 6.58. The number of carboxylic acids is 1. The van der Waals surface area contributed by atoms with Gasteiger partial charge in [0.2, 0.25) is 5.91 Å². The largest absolute Gasteiger partial charge is 0.477 e. The number of hydrogen-bond donors (Lipinski definition) is 2. The molecule has 0 radical (unpaired) electrons. The zero-order valence-electron chi connectivity index (χ0n) is 23.6. The minimum absolute atomic E-state index is 0.115. The average Bonchev–Trinajstić information content (AvgIpc) is 3.80. The minimum atomic E-state index is -0.954. The molecular formula is C32H35N3O5S2. The lowest BCUT2D eigenvalue weighted by atomic mass is 9.75. The molecule has 1 aromatic carbocycles. The standard InChI is InChI=1S/C32H35N3O5S2/c1-19-2-4-20(5-3-19)24-10-12-35(31(37)22-11-13-40-16-22)15-26(24)25-14-28(42-29(25)32(38)39)21-6-8-23(9-7-21)34-30(36)27-17-41-18-33-27/h6-9,14,17-20,22H,2-5,10-13,15-16H2,1H3,(H,34,36)(H,38,39). The lowest BCUT2D eigenvalue weighted by Gasteiger charge is -2.37. The fourth-order valence-electron chi connectivity index (χ4n) is 6.42. The number of benzene rings is 1. The summed E-state index contributed by atoms with van der Waals surface area (Å²) in [5.74, 6) is -0.0866. The van der Waals surface area contributed by atoms with E-state index in [-0.39, 0.29) is 17.7 Å². The molecule has 1 saturated heterocycles. The summed E-state index contributed by atoms with van der Waals surface area (Å²) in [6.45, 7) is 4.50. The van der Waals surface area contributed by atoms with Crippen LogP contribution in [0.3, 0.4) is 0 Å². The predicted octanol–water partition coefficient (Wildman–Crippen LogP) is 6.67. The first-order valence-electron chi connectivity index (χ1n) is 14.6. The van der Waals surface area contributed by atoms with Gasteiger partial charge < -0.3 is 20.1 Å². The van der Waals surface area contributed by atoms with Crippen molar-refractivity contribution in [3.05, 3.63) is 62.9 Å². The van der Waals surface area contributed by atoms with Gasteiger partial charge in [0, 0.05) is 41.2 Å². The van der Waals surface area contributed by atoms with Crippen LogP contribution in [0.1, 0.15) is 71.2 Å². The number of hydrogen-bond acceptors (Lipinski definition) is 7. The zero-order chi connectivity index (χ0) is 29.2. The Morgan fingerprint density at radius 1 is 1.10 bits per heavy atom. The topological polar surface area (TPSA) is 109 Å². The van der Waals surface area contributed by atoms with Crippen molar-refractivity contribution in [1.82, 2.24) is 9.88 Å². The first-order valence-corrected chi connectivity index (χ1v) is 16.4. The highest BCUT2D eigenvalue weighted by molar-refractivity contribution is 7.17. The van der Waals surface area contributed by atoms with Crippen molar-refractivity contribution in [2.45, 2.75) is 45.4 Å². The molecule has 42 heavy (non-hydrogen) atoms. The summed E-state index contributed by atoms with van der Waals surface area (Å²) in [6, 6.07) is 9.42. The van der Waals surface area contributed by atoms with Crippen LogP contribution >= 0.6 is 22.7 Å². The SMILES string of the molecule is CC1CCC(C2=C(c3cc(-c4ccc(NC(=O)c5cscn5)cc4)sc3C(=O)O)CN(C(=O)C3CCOC3)CC2)CC1. The molecule has 1 atom stereocenters. The number of carbonyl (C=O) groups is 3. The van der Waals surface area contributed by atoms with Gasteiger partial charge in [0.25, 0.3) is 5.91 Å². The third-order valence-electron chi connectivity index (χ3n) is 8.83. The van der Waals surface area contributed by atoms with E-state index in [2.05, 4.69) is 17.2 Å². The number of carboxylic acid groups (broad SMARTS) is 1. The third-order valence-corrected chi connectivity index (χ3v) is 10.6. The molecule has 4 heterocycles. The number of anilines is 1. The van der Waals surface area contributed by atoms with Crippen molar-refractivity contribution in [2.24, 2.45) is 17.8 Å². The van der Waals surface area contributed by atoms with Gasteiger partial charge in [-0.1, -0.05) is 37.5 Å². The summed E-state index contributed by atoms with van der Waals surface area (Å²) in [5, 5.41) is 14.9. The van der Waals surface area contributed by atoms with Crippen LogP contribution in [0, 0.1) is 17.8 Å². The van der Waals surface area contributed by atoms with Gasteiger partial charge in [0.15, 0.2) is 0 Å². The molecular weight excluding hydrogens is 571 g/mol. The third kappa shape index (κ3) is 6.07. The molecule has 1 unspecified atom stereocenters. The van der Waals surface area contributed by atoms with E-state index in [1.54, 1.807) is 10.9 Å². The lowest BCUT2D eigenvalue weighted by Crippen LogP contribution is -2.41. The molecule has 0 spiro atoms. The Kier molecular flexibility index (Phi) is 8.55. The molecule has 0 bridgehead atoms. The van der Waals surface area contributed by atoms with E-state index in [0.717, 1.165) is 47.3 Å². The highest BCUT2D eigenvalue weighted by atomic mass is 32.1. The van der Waals surface area contributed by atoms with Gasteiger partial charge in [-0.2, -0.15) is 0 Å². The molecule has 3 aromatic rings. The number of nitrogens with one attached hydrogen (secondary N) is 1. The maximum Gasteiger partial charge on any atom is 0.346 e. The Balaban J connectivity index is 1.32. The average molecular weight is 606 g/mol. The zero-order valence-corrected chi connectivity index (χ0v) is 25.3. The normalized spacial score (nSPS) is 22.8. The van der Waals surface area contributed by atoms with Crippen LogP contribution in [0.5, 0.6) is 0 Å². The molecule has 8 nitrogen and oxygen atoms in total. The van der Waals surface area contributed by atoms with Gasteiger partial charge >= 0.3 is 5.97 Å². The van der Waals surface area contributed by atoms with Crippen molar-refractivity contribution in [3.63, 3.8) is 0 Å². The number of aromatic carboxylic acids is 1. The van der Waals surface area contributed by atoms with Gasteiger partial charge in [-0.25, -0.2) is 9.78 Å². The van der Waals surface area contributed by atoms with Gasteiger partial charge in [-0.3, -0.25) is 9.59 Å². The highest BCUT2D eigenvalue weighted by Crippen LogP contribution is 2.44. The van der Waals surface area contributed by atoms with E-state index in [9.17, 15) is 19.5 Å². The Hall–Kier alpha value is -3.34. The van der Waals surface area contributed by atoms with Gasteiger partial charge in [0.1, 0.15) is 10.6 Å². The van der Waals surface area contributed by atoms with Crippen molar-refractivity contribution in [2.75, 3.05) is 31.6 Å². The molecule has 1 aliphatic carbocycles. The second kappa shape index (κ2) is 12.5. The molecule has 6 rings (SSSR count). The fourth-order valence-corrected chi connectivity index (χ4v) is 7.99. The van der Waals surface area contributed by atoms with Crippen LogP contribution in [0.4, 0.5) is 5.69 Å². The number of rotatable bonds is 7. The maximum absolute atomic E-state index is 13.4. The van der Waals surface area contributed by atoms with Gasteiger partial charge in [0.05, 0.1) is 18.0 Å². The first-order chi connectivity index (χ1) is 20.4. The molecule has 220 valence electrons. The number of carbonyl (C=O) groups excluding carboxylic acids is 2. The molecule has 2 fully saturated rings. The number of aromatic nitrogens is 1. The Morgan fingerprint density at radius 2 is 1.88 bits per heavy atom. The Bertz CT molecular complexity index is 1480. The van der Waals surface area contributed by atoms with E-state index in [4.69, 9.17) is 4.74 Å². The van der Waals surface area contributed by atoms with Gasteiger partial charge in [-0.15, -0.1) is 22.7 Å². The molecule has 2 aliphatic heterocycles. The lowest BCUT2D eigenvalue weighted by molar-refractivity contribution is -0.135. The van der Waals surface area contributed by atoms with Crippen molar-refractivity contribution < 1.29 is 24.2 Å². The molecule has 10 heteroatoms. The summed E-state index contributed by atoms with van der Waals surface area (Å²) in [4.78, 5) is 45.5. The van der Waals surface area contributed by atoms with E-state index in [0.29, 0.717) is 54.4 Å². The highest BCUT2D eigenvalue weighted by Gasteiger charge is 2.35. The number of amides is 2. The van der Waals surface area contributed by atoms with Crippen LogP contribution in [0.2, 0.25) is 0 Å². The Labute approximate surface area is 253 Å². The number of thiophene rings is 1. The van der Waals surface area contributed by atoms with Crippen molar-refractivity contribution >= 4 is 51.7 Å². The van der Waals surface area contributed by atoms with Crippen LogP contribution in [-0.2, 0) is 9.53 Å². The first kappa shape index (κ1) is 28.8. The van der Waals surface area contributed by atoms with Crippen molar-refractivity contribution in [1.29, 1.82) is 0 Å². The minimum Gasteiger partial charge on any atom is -0.477 e. The number of nitrogens with zero attached hydrogens (tertiary/aromatic N) is 2. The smallest absolute Gasteiger partial charge is 0.346 e.